The van der Waals surface area contributed by atoms with Crippen LogP contribution in [0.5, 0.6) is 0 Å². The Morgan fingerprint density at radius 1 is 0.364 bits per heavy atom. The first-order chi connectivity index (χ1) is 27.0. The van der Waals surface area contributed by atoms with Gasteiger partial charge in [-0.25, -0.2) is 0 Å². The van der Waals surface area contributed by atoms with Crippen molar-refractivity contribution in [2.24, 2.45) is 0 Å². The van der Waals surface area contributed by atoms with Gasteiger partial charge in [0.1, 0.15) is 0 Å². The molecule has 0 unspecified atom stereocenters. The third kappa shape index (κ3) is 5.13. The summed E-state index contributed by atoms with van der Waals surface area (Å²) in [5.41, 5.74) is 13.6. The molecule has 0 atom stereocenters. The zero-order valence-corrected chi connectivity index (χ0v) is 31.6. The van der Waals surface area contributed by atoms with E-state index in [4.69, 9.17) is 0 Å². The normalized spacial score (nSPS) is 13.1. The van der Waals surface area contributed by atoms with Crippen molar-refractivity contribution in [1.82, 2.24) is 0 Å². The van der Waals surface area contributed by atoms with Gasteiger partial charge in [0.05, 0.1) is 0 Å². The third-order valence-electron chi connectivity index (χ3n) is 11.8. The van der Waals surface area contributed by atoms with Crippen molar-refractivity contribution in [1.29, 1.82) is 0 Å². The van der Waals surface area contributed by atoms with E-state index in [2.05, 4.69) is 207 Å². The number of benzene rings is 9. The summed E-state index contributed by atoms with van der Waals surface area (Å²) in [5.74, 6) is 0. The second-order valence-corrected chi connectivity index (χ2v) is 16.4. The Bertz CT molecular complexity index is 3100. The van der Waals surface area contributed by atoms with Gasteiger partial charge < -0.3 is 4.90 Å². The number of hydrogen-bond donors (Lipinski definition) is 0. The molecule has 0 radical (unpaired) electrons. The first-order valence-corrected chi connectivity index (χ1v) is 19.9. The molecule has 1 nitrogen and oxygen atoms in total. The molecule has 0 bridgehead atoms. The van der Waals surface area contributed by atoms with Crippen LogP contribution in [0.3, 0.4) is 0 Å². The molecule has 55 heavy (non-hydrogen) atoms. The van der Waals surface area contributed by atoms with E-state index >= 15 is 0 Å². The van der Waals surface area contributed by atoms with E-state index in [9.17, 15) is 0 Å². The Balaban J connectivity index is 0.984. The molecule has 11 rings (SSSR count). The molecule has 0 amide bonds. The second-order valence-electron chi connectivity index (χ2n) is 15.4. The Labute approximate surface area is 325 Å². The van der Waals surface area contributed by atoms with Crippen LogP contribution in [0.1, 0.15) is 25.0 Å². The van der Waals surface area contributed by atoms with Crippen molar-refractivity contribution in [3.8, 4) is 33.4 Å². The number of rotatable bonds is 5. The minimum atomic E-state index is -0.0834. The zero-order chi connectivity index (χ0) is 36.7. The number of anilines is 3. The molecular weight excluding hydrogens is 683 g/mol. The van der Waals surface area contributed by atoms with Crippen LogP contribution in [0, 0.1) is 0 Å². The maximum Gasteiger partial charge on any atom is 0.0465 e. The van der Waals surface area contributed by atoms with Crippen molar-refractivity contribution in [2.45, 2.75) is 19.3 Å². The van der Waals surface area contributed by atoms with Crippen molar-refractivity contribution in [3.63, 3.8) is 0 Å². The average Bonchev–Trinajstić information content (AvgIpc) is 3.71. The Morgan fingerprint density at radius 2 is 0.964 bits per heavy atom. The number of nitrogens with zero attached hydrogens (tertiary/aromatic N) is 1. The number of fused-ring (bicyclic) bond motifs is 9. The van der Waals surface area contributed by atoms with Gasteiger partial charge in [-0.1, -0.05) is 141 Å². The lowest BCUT2D eigenvalue weighted by Gasteiger charge is -2.28. The number of hydrogen-bond acceptors (Lipinski definition) is 2. The smallest absolute Gasteiger partial charge is 0.0465 e. The molecule has 0 fully saturated rings. The summed E-state index contributed by atoms with van der Waals surface area (Å²) >= 11 is 1.88. The quantitative estimate of drug-likeness (QED) is 0.160. The maximum absolute atomic E-state index is 2.41. The summed E-state index contributed by atoms with van der Waals surface area (Å²) in [6, 6.07) is 69.6. The lowest BCUT2D eigenvalue weighted by atomic mass is 9.82. The molecule has 0 aliphatic heterocycles. The van der Waals surface area contributed by atoms with Crippen LogP contribution in [-0.2, 0) is 5.41 Å². The minimum Gasteiger partial charge on any atom is -0.310 e. The summed E-state index contributed by atoms with van der Waals surface area (Å²) in [7, 11) is 0. The predicted octanol–water partition coefficient (Wildman–Crippen LogP) is 15.5. The maximum atomic E-state index is 2.41. The van der Waals surface area contributed by atoms with Crippen molar-refractivity contribution in [3.05, 3.63) is 199 Å². The highest BCUT2D eigenvalue weighted by atomic mass is 32.1. The van der Waals surface area contributed by atoms with E-state index in [1.807, 2.05) is 11.3 Å². The standard InChI is InChI=1S/C53H37NS/c1-53(2)49-14-8-6-12-44(49)45-29-27-42(32-50(45)53)54(40-23-18-35(19-24-40)34-10-4-3-5-11-34)41-25-20-36(21-26-41)37-22-28-43-38(30-37)16-17-39-31-48-46-13-7-9-15-51(46)55-52(48)33-47(39)43/h3-33H,1-2H3. The lowest BCUT2D eigenvalue weighted by Crippen LogP contribution is -2.16. The van der Waals surface area contributed by atoms with Crippen molar-refractivity contribution < 1.29 is 0 Å². The molecule has 260 valence electrons. The molecule has 1 aliphatic rings. The molecule has 1 heterocycles. The fraction of sp³-hybridized carbons (Fsp3) is 0.0566. The summed E-state index contributed by atoms with van der Waals surface area (Å²) in [4.78, 5) is 2.40. The first-order valence-electron chi connectivity index (χ1n) is 19.1. The molecule has 1 aliphatic carbocycles. The minimum absolute atomic E-state index is 0.0834. The highest BCUT2D eigenvalue weighted by molar-refractivity contribution is 7.25. The van der Waals surface area contributed by atoms with Crippen LogP contribution >= 0.6 is 11.3 Å². The van der Waals surface area contributed by atoms with E-state index in [0.29, 0.717) is 0 Å². The molecule has 0 N–H and O–H groups in total. The molecule has 9 aromatic carbocycles. The van der Waals surface area contributed by atoms with Crippen LogP contribution < -0.4 is 4.90 Å². The van der Waals surface area contributed by atoms with E-state index in [0.717, 1.165) is 17.1 Å². The molecule has 2 heteroatoms. The average molecular weight is 720 g/mol. The van der Waals surface area contributed by atoms with Crippen molar-refractivity contribution in [2.75, 3.05) is 4.90 Å². The van der Waals surface area contributed by atoms with Gasteiger partial charge in [-0.2, -0.15) is 0 Å². The number of thiophene rings is 1. The summed E-state index contributed by atoms with van der Waals surface area (Å²) in [6.07, 6.45) is 0. The summed E-state index contributed by atoms with van der Waals surface area (Å²) in [6.45, 7) is 4.71. The molecule has 0 saturated carbocycles. The molecule has 0 saturated heterocycles. The van der Waals surface area contributed by atoms with E-state index in [1.54, 1.807) is 0 Å². The van der Waals surface area contributed by atoms with Gasteiger partial charge in [-0.15, -0.1) is 11.3 Å². The van der Waals surface area contributed by atoms with Crippen molar-refractivity contribution >= 4 is 70.1 Å². The fourth-order valence-corrected chi connectivity index (χ4v) is 10.1. The van der Waals surface area contributed by atoms with Gasteiger partial charge in [-0.05, 0) is 127 Å². The van der Waals surface area contributed by atoms with Gasteiger partial charge in [0.2, 0.25) is 0 Å². The summed E-state index contributed by atoms with van der Waals surface area (Å²) in [5, 5.41) is 7.85. The molecule has 1 aromatic heterocycles. The highest BCUT2D eigenvalue weighted by Crippen LogP contribution is 2.51. The monoisotopic (exact) mass is 719 g/mol. The van der Waals surface area contributed by atoms with Crippen LogP contribution in [0.15, 0.2) is 188 Å². The van der Waals surface area contributed by atoms with E-state index < -0.39 is 0 Å². The van der Waals surface area contributed by atoms with Crippen LogP contribution in [-0.4, -0.2) is 0 Å². The Hall–Kier alpha value is -6.48. The SMILES string of the molecule is CC1(C)c2ccccc2-c2ccc(N(c3ccc(-c4ccccc4)cc3)c3ccc(-c4ccc5c(ccc6cc7c(cc65)sc5ccccc57)c4)cc3)cc21. The van der Waals surface area contributed by atoms with Crippen LogP contribution in [0.2, 0.25) is 0 Å². The lowest BCUT2D eigenvalue weighted by molar-refractivity contribution is 0.660. The zero-order valence-electron chi connectivity index (χ0n) is 30.8. The Kier molecular flexibility index (Phi) is 7.14. The second kappa shape index (κ2) is 12.3. The van der Waals surface area contributed by atoms with Crippen LogP contribution in [0.25, 0.3) is 75.1 Å². The van der Waals surface area contributed by atoms with Gasteiger partial charge in [0.15, 0.2) is 0 Å². The topological polar surface area (TPSA) is 3.24 Å². The molecule has 10 aromatic rings. The third-order valence-corrected chi connectivity index (χ3v) is 13.0. The molecular formula is C53H37NS. The first kappa shape index (κ1) is 32.0. The highest BCUT2D eigenvalue weighted by Gasteiger charge is 2.35. The van der Waals surface area contributed by atoms with Gasteiger partial charge in [0, 0.05) is 42.6 Å². The Morgan fingerprint density at radius 3 is 1.75 bits per heavy atom. The largest absolute Gasteiger partial charge is 0.310 e. The van der Waals surface area contributed by atoms with Gasteiger partial charge in [-0.3, -0.25) is 0 Å². The van der Waals surface area contributed by atoms with E-state index in [-0.39, 0.29) is 5.41 Å². The van der Waals surface area contributed by atoms with Crippen LogP contribution in [0.4, 0.5) is 17.1 Å². The van der Waals surface area contributed by atoms with Gasteiger partial charge >= 0.3 is 0 Å². The predicted molar refractivity (Wildman–Crippen MR) is 237 cm³/mol. The fourth-order valence-electron chi connectivity index (χ4n) is 8.98. The molecule has 0 spiro atoms. The van der Waals surface area contributed by atoms with E-state index in [1.165, 1.54) is 86.2 Å². The summed E-state index contributed by atoms with van der Waals surface area (Å²) < 4.78 is 2.69. The van der Waals surface area contributed by atoms with Gasteiger partial charge in [0.25, 0.3) is 0 Å².